The van der Waals surface area contributed by atoms with Crippen LogP contribution >= 0.6 is 23.4 Å². The van der Waals surface area contributed by atoms with Crippen molar-refractivity contribution in [2.45, 2.75) is 20.5 Å². The van der Waals surface area contributed by atoms with Crippen molar-refractivity contribution in [3.8, 4) is 23.3 Å². The van der Waals surface area contributed by atoms with Gasteiger partial charge < -0.3 is 14.2 Å². The molecule has 38 heavy (non-hydrogen) atoms. The predicted molar refractivity (Wildman–Crippen MR) is 147 cm³/mol. The van der Waals surface area contributed by atoms with Gasteiger partial charge in [-0.1, -0.05) is 47.5 Å². The maximum Gasteiger partial charge on any atom is 0.293 e. The van der Waals surface area contributed by atoms with Crippen LogP contribution in [0.15, 0.2) is 65.6 Å². The SMILES string of the molecule is CCOc1cc(/C=C2\SC(=O)N(CCOc3ccc(C)cc3)C2=O)cc(Cl)c1OCc1ccccc1C#N. The summed E-state index contributed by atoms with van der Waals surface area (Å²) < 4.78 is 17.4. The van der Waals surface area contributed by atoms with E-state index in [-0.39, 0.29) is 34.9 Å². The molecule has 194 valence electrons. The van der Waals surface area contributed by atoms with E-state index in [0.717, 1.165) is 22.9 Å². The van der Waals surface area contributed by atoms with E-state index in [0.29, 0.717) is 35.0 Å². The maximum atomic E-state index is 12.9. The molecule has 0 bridgehead atoms. The highest BCUT2D eigenvalue weighted by Crippen LogP contribution is 2.39. The molecule has 0 aromatic heterocycles. The number of carbonyl (C=O) groups excluding carboxylic acids is 2. The molecule has 1 aliphatic heterocycles. The van der Waals surface area contributed by atoms with E-state index in [4.69, 9.17) is 25.8 Å². The summed E-state index contributed by atoms with van der Waals surface area (Å²) in [6.45, 7) is 4.64. The highest BCUT2D eigenvalue weighted by molar-refractivity contribution is 8.18. The number of nitriles is 1. The van der Waals surface area contributed by atoms with E-state index >= 15 is 0 Å². The number of hydrogen-bond donors (Lipinski definition) is 0. The molecule has 0 spiro atoms. The van der Waals surface area contributed by atoms with Crippen molar-refractivity contribution in [1.82, 2.24) is 4.90 Å². The number of aryl methyl sites for hydroxylation is 1. The van der Waals surface area contributed by atoms with Gasteiger partial charge in [0, 0.05) is 5.56 Å². The number of halogens is 1. The van der Waals surface area contributed by atoms with Crippen LogP contribution in [0.4, 0.5) is 4.79 Å². The Balaban J connectivity index is 1.47. The van der Waals surface area contributed by atoms with Gasteiger partial charge in [-0.15, -0.1) is 0 Å². The number of thioether (sulfide) groups is 1. The summed E-state index contributed by atoms with van der Waals surface area (Å²) in [4.78, 5) is 26.9. The molecule has 1 saturated heterocycles. The number of imide groups is 1. The first-order chi connectivity index (χ1) is 18.4. The second-order valence-electron chi connectivity index (χ2n) is 8.32. The van der Waals surface area contributed by atoms with Crippen LogP contribution in [0.3, 0.4) is 0 Å². The van der Waals surface area contributed by atoms with Crippen LogP contribution in [0.25, 0.3) is 6.08 Å². The predicted octanol–water partition coefficient (Wildman–Crippen LogP) is 6.61. The van der Waals surface area contributed by atoms with E-state index in [1.165, 1.54) is 4.90 Å². The smallest absolute Gasteiger partial charge is 0.293 e. The van der Waals surface area contributed by atoms with Gasteiger partial charge in [0.05, 0.1) is 34.7 Å². The Bertz CT molecular complexity index is 1420. The Morgan fingerprint density at radius 1 is 1.05 bits per heavy atom. The molecular formula is C29H25ClN2O5S. The number of carbonyl (C=O) groups is 2. The number of hydrogen-bond acceptors (Lipinski definition) is 7. The van der Waals surface area contributed by atoms with Gasteiger partial charge in [-0.05, 0) is 67.6 Å². The van der Waals surface area contributed by atoms with E-state index in [9.17, 15) is 14.9 Å². The highest BCUT2D eigenvalue weighted by atomic mass is 35.5. The van der Waals surface area contributed by atoms with Crippen molar-refractivity contribution in [3.63, 3.8) is 0 Å². The van der Waals surface area contributed by atoms with Crippen LogP contribution in [0.5, 0.6) is 17.2 Å². The monoisotopic (exact) mass is 548 g/mol. The second kappa shape index (κ2) is 12.5. The first-order valence-corrected chi connectivity index (χ1v) is 13.1. The molecule has 1 aliphatic rings. The topological polar surface area (TPSA) is 88.9 Å². The summed E-state index contributed by atoms with van der Waals surface area (Å²) >= 11 is 7.40. The Morgan fingerprint density at radius 2 is 1.82 bits per heavy atom. The zero-order valence-electron chi connectivity index (χ0n) is 20.9. The molecule has 0 aliphatic carbocycles. The van der Waals surface area contributed by atoms with Crippen molar-refractivity contribution in [2.75, 3.05) is 19.8 Å². The Labute approximate surface area is 230 Å². The summed E-state index contributed by atoms with van der Waals surface area (Å²) in [6, 6.07) is 20.2. The maximum absolute atomic E-state index is 12.9. The van der Waals surface area contributed by atoms with E-state index in [1.807, 2.05) is 50.2 Å². The summed E-state index contributed by atoms with van der Waals surface area (Å²) in [6.07, 6.45) is 1.61. The minimum absolute atomic E-state index is 0.131. The van der Waals surface area contributed by atoms with Gasteiger partial charge in [-0.25, -0.2) is 0 Å². The molecule has 7 nitrogen and oxygen atoms in total. The van der Waals surface area contributed by atoms with Crippen LogP contribution in [0.1, 0.15) is 29.2 Å². The normalized spacial score (nSPS) is 14.1. The fraction of sp³-hybridized carbons (Fsp3) is 0.207. The standard InChI is InChI=1S/C29H25ClN2O5S/c1-3-35-25-15-20(14-24(30)27(25)37-18-22-7-5-4-6-21(22)17-31)16-26-28(33)32(29(34)38-26)12-13-36-23-10-8-19(2)9-11-23/h4-11,14-16H,3,12-13,18H2,1-2H3/b26-16-. The molecule has 0 atom stereocenters. The molecule has 3 aromatic carbocycles. The van der Waals surface area contributed by atoms with Gasteiger partial charge in [0.25, 0.3) is 11.1 Å². The molecule has 1 heterocycles. The van der Waals surface area contributed by atoms with Crippen molar-refractivity contribution in [2.24, 2.45) is 0 Å². The van der Waals surface area contributed by atoms with Crippen molar-refractivity contribution in [1.29, 1.82) is 5.26 Å². The molecule has 0 radical (unpaired) electrons. The summed E-state index contributed by atoms with van der Waals surface area (Å²) in [5.41, 5.74) is 2.94. The second-order valence-corrected chi connectivity index (χ2v) is 9.72. The lowest BCUT2D eigenvalue weighted by Gasteiger charge is -2.15. The Kier molecular flexibility index (Phi) is 8.95. The van der Waals surface area contributed by atoms with Gasteiger partial charge >= 0.3 is 0 Å². The minimum Gasteiger partial charge on any atom is -0.492 e. The fourth-order valence-corrected chi connectivity index (χ4v) is 4.85. The Morgan fingerprint density at radius 3 is 2.55 bits per heavy atom. The van der Waals surface area contributed by atoms with Crippen molar-refractivity contribution in [3.05, 3.63) is 92.8 Å². The molecule has 0 N–H and O–H groups in total. The minimum atomic E-state index is -0.393. The van der Waals surface area contributed by atoms with Gasteiger partial charge in [0.15, 0.2) is 11.5 Å². The summed E-state index contributed by atoms with van der Waals surface area (Å²) in [5, 5.41) is 9.24. The largest absolute Gasteiger partial charge is 0.492 e. The first kappa shape index (κ1) is 27.1. The first-order valence-electron chi connectivity index (χ1n) is 11.9. The van der Waals surface area contributed by atoms with Gasteiger partial charge in [0.1, 0.15) is 19.0 Å². The van der Waals surface area contributed by atoms with Gasteiger partial charge in [-0.3, -0.25) is 14.5 Å². The molecule has 1 fully saturated rings. The van der Waals surface area contributed by atoms with Crippen LogP contribution in [-0.4, -0.2) is 35.8 Å². The lowest BCUT2D eigenvalue weighted by molar-refractivity contribution is -0.123. The van der Waals surface area contributed by atoms with Crippen LogP contribution in [0.2, 0.25) is 5.02 Å². The number of benzene rings is 3. The lowest BCUT2D eigenvalue weighted by Crippen LogP contribution is -2.32. The number of amides is 2. The zero-order chi connectivity index (χ0) is 27.1. The highest BCUT2D eigenvalue weighted by Gasteiger charge is 2.35. The van der Waals surface area contributed by atoms with Crippen molar-refractivity contribution < 1.29 is 23.8 Å². The average molecular weight is 549 g/mol. The molecule has 0 saturated carbocycles. The molecular weight excluding hydrogens is 524 g/mol. The third-order valence-corrected chi connectivity index (χ3v) is 6.81. The fourth-order valence-electron chi connectivity index (χ4n) is 3.71. The number of rotatable bonds is 10. The van der Waals surface area contributed by atoms with Gasteiger partial charge in [0.2, 0.25) is 0 Å². The quantitative estimate of drug-likeness (QED) is 0.263. The molecule has 0 unspecified atom stereocenters. The van der Waals surface area contributed by atoms with E-state index in [2.05, 4.69) is 6.07 Å². The lowest BCUT2D eigenvalue weighted by atomic mass is 10.1. The number of ether oxygens (including phenoxy) is 3. The molecule has 3 aromatic rings. The van der Waals surface area contributed by atoms with Crippen molar-refractivity contribution >= 4 is 40.6 Å². The average Bonchev–Trinajstić information content (AvgIpc) is 3.17. The van der Waals surface area contributed by atoms with E-state index < -0.39 is 5.91 Å². The van der Waals surface area contributed by atoms with Gasteiger partial charge in [-0.2, -0.15) is 5.26 Å². The van der Waals surface area contributed by atoms with Crippen LogP contribution < -0.4 is 14.2 Å². The molecule has 4 rings (SSSR count). The van der Waals surface area contributed by atoms with E-state index in [1.54, 1.807) is 30.3 Å². The third kappa shape index (κ3) is 6.49. The summed E-state index contributed by atoms with van der Waals surface area (Å²) in [5.74, 6) is 1.01. The molecule has 2 amide bonds. The Hall–Kier alpha value is -3.93. The zero-order valence-corrected chi connectivity index (χ0v) is 22.5. The number of nitrogens with zero attached hydrogens (tertiary/aromatic N) is 2. The third-order valence-electron chi connectivity index (χ3n) is 5.62. The summed E-state index contributed by atoms with van der Waals surface area (Å²) in [7, 11) is 0. The molecule has 9 heteroatoms. The van der Waals surface area contributed by atoms with Crippen LogP contribution in [0, 0.1) is 18.3 Å². The van der Waals surface area contributed by atoms with Crippen LogP contribution in [-0.2, 0) is 11.4 Å².